The van der Waals surface area contributed by atoms with Crippen molar-refractivity contribution in [3.8, 4) is 0 Å². The molecule has 1 aromatic carbocycles. The SMILES string of the molecule is O=S(=O)(NCc1nc2ccccc2o1)c1cccs1. The fraction of sp³-hybridized carbons (Fsp3) is 0.0833. The third-order valence-electron chi connectivity index (χ3n) is 2.51. The summed E-state index contributed by atoms with van der Waals surface area (Å²) in [6, 6.07) is 10.5. The molecule has 0 bridgehead atoms. The Kier molecular flexibility index (Phi) is 3.09. The van der Waals surface area contributed by atoms with E-state index >= 15 is 0 Å². The van der Waals surface area contributed by atoms with Crippen LogP contribution in [-0.2, 0) is 16.6 Å². The van der Waals surface area contributed by atoms with Crippen LogP contribution in [0.1, 0.15) is 5.89 Å². The summed E-state index contributed by atoms with van der Waals surface area (Å²) in [6.45, 7) is 0.0366. The summed E-state index contributed by atoms with van der Waals surface area (Å²) >= 11 is 1.17. The fourth-order valence-corrected chi connectivity index (χ4v) is 3.65. The number of hydrogen-bond acceptors (Lipinski definition) is 5. The largest absolute Gasteiger partial charge is 0.439 e. The highest BCUT2D eigenvalue weighted by Gasteiger charge is 2.16. The Hall–Kier alpha value is -1.70. The third-order valence-corrected chi connectivity index (χ3v) is 5.31. The van der Waals surface area contributed by atoms with Gasteiger partial charge in [-0.15, -0.1) is 11.3 Å². The Morgan fingerprint density at radius 3 is 2.79 bits per heavy atom. The summed E-state index contributed by atoms with van der Waals surface area (Å²) in [6.07, 6.45) is 0. The number of oxazole rings is 1. The second-order valence-electron chi connectivity index (χ2n) is 3.83. The molecule has 0 radical (unpaired) electrons. The zero-order chi connectivity index (χ0) is 13.3. The summed E-state index contributed by atoms with van der Waals surface area (Å²) in [5.74, 6) is 0.348. The Morgan fingerprint density at radius 1 is 1.21 bits per heavy atom. The minimum atomic E-state index is -3.48. The second-order valence-corrected chi connectivity index (χ2v) is 6.77. The van der Waals surface area contributed by atoms with Gasteiger partial charge in [0.05, 0.1) is 6.54 Å². The number of sulfonamides is 1. The summed E-state index contributed by atoms with van der Waals surface area (Å²) in [5.41, 5.74) is 1.36. The van der Waals surface area contributed by atoms with Crippen molar-refractivity contribution in [1.29, 1.82) is 0 Å². The van der Waals surface area contributed by atoms with Crippen LogP contribution in [0.2, 0.25) is 0 Å². The van der Waals surface area contributed by atoms with Crippen LogP contribution in [0.15, 0.2) is 50.4 Å². The molecule has 3 aromatic rings. The zero-order valence-corrected chi connectivity index (χ0v) is 11.4. The van der Waals surface area contributed by atoms with Crippen molar-refractivity contribution in [2.45, 2.75) is 10.8 Å². The van der Waals surface area contributed by atoms with E-state index in [9.17, 15) is 8.42 Å². The van der Waals surface area contributed by atoms with Crippen LogP contribution in [0.5, 0.6) is 0 Å². The van der Waals surface area contributed by atoms with Crippen LogP contribution in [-0.4, -0.2) is 13.4 Å². The molecule has 5 nitrogen and oxygen atoms in total. The first-order chi connectivity index (χ1) is 9.15. The molecule has 0 saturated carbocycles. The van der Waals surface area contributed by atoms with Crippen molar-refractivity contribution in [3.63, 3.8) is 0 Å². The molecule has 19 heavy (non-hydrogen) atoms. The van der Waals surface area contributed by atoms with E-state index in [0.29, 0.717) is 17.0 Å². The normalized spacial score (nSPS) is 12.0. The molecule has 0 atom stereocenters. The minimum absolute atomic E-state index is 0.0366. The molecule has 1 N–H and O–H groups in total. The van der Waals surface area contributed by atoms with Gasteiger partial charge >= 0.3 is 0 Å². The number of nitrogens with zero attached hydrogens (tertiary/aromatic N) is 1. The highest BCUT2D eigenvalue weighted by atomic mass is 32.2. The van der Waals surface area contributed by atoms with Crippen molar-refractivity contribution in [2.24, 2.45) is 0 Å². The monoisotopic (exact) mass is 294 g/mol. The van der Waals surface area contributed by atoms with Crippen LogP contribution in [0.4, 0.5) is 0 Å². The molecule has 0 aliphatic carbocycles. The maximum Gasteiger partial charge on any atom is 0.250 e. The number of fused-ring (bicyclic) bond motifs is 1. The molecule has 0 unspecified atom stereocenters. The van der Waals surface area contributed by atoms with Gasteiger partial charge in [-0.1, -0.05) is 18.2 Å². The highest BCUT2D eigenvalue weighted by Crippen LogP contribution is 2.17. The van der Waals surface area contributed by atoms with Crippen molar-refractivity contribution >= 4 is 32.5 Å². The van der Waals surface area contributed by atoms with E-state index in [-0.39, 0.29) is 10.8 Å². The minimum Gasteiger partial charge on any atom is -0.439 e. The number of benzene rings is 1. The summed E-state index contributed by atoms with van der Waals surface area (Å²) in [7, 11) is -3.48. The van der Waals surface area contributed by atoms with E-state index in [4.69, 9.17) is 4.42 Å². The lowest BCUT2D eigenvalue weighted by molar-refractivity contribution is 0.514. The van der Waals surface area contributed by atoms with Gasteiger partial charge in [-0.25, -0.2) is 18.1 Å². The molecule has 0 amide bonds. The first kappa shape index (κ1) is 12.3. The molecule has 0 saturated heterocycles. The molecule has 2 aromatic heterocycles. The molecule has 0 aliphatic rings. The smallest absolute Gasteiger partial charge is 0.250 e. The van der Waals surface area contributed by atoms with Crippen LogP contribution in [0, 0.1) is 0 Å². The Morgan fingerprint density at radius 2 is 2.05 bits per heavy atom. The average molecular weight is 294 g/mol. The Balaban J connectivity index is 1.79. The quantitative estimate of drug-likeness (QED) is 0.802. The standard InChI is InChI=1S/C12H10N2O3S2/c15-19(16,12-6-3-7-18-12)13-8-11-14-9-4-1-2-5-10(9)17-11/h1-7,13H,8H2. The molecule has 7 heteroatoms. The van der Waals surface area contributed by atoms with Crippen molar-refractivity contribution in [2.75, 3.05) is 0 Å². The van der Waals surface area contributed by atoms with Gasteiger partial charge in [0.25, 0.3) is 10.0 Å². The molecule has 0 spiro atoms. The van der Waals surface area contributed by atoms with Crippen LogP contribution in [0.3, 0.4) is 0 Å². The first-order valence-corrected chi connectivity index (χ1v) is 7.89. The maximum absolute atomic E-state index is 11.9. The van der Waals surface area contributed by atoms with Gasteiger partial charge in [-0.2, -0.15) is 0 Å². The van der Waals surface area contributed by atoms with Crippen LogP contribution < -0.4 is 4.72 Å². The van der Waals surface area contributed by atoms with Gasteiger partial charge < -0.3 is 4.42 Å². The molecular weight excluding hydrogens is 284 g/mol. The Bertz CT molecular complexity index is 758. The predicted octanol–water partition coefficient (Wildman–Crippen LogP) is 2.37. The van der Waals surface area contributed by atoms with E-state index in [1.165, 1.54) is 11.3 Å². The number of rotatable bonds is 4. The van der Waals surface area contributed by atoms with E-state index in [1.807, 2.05) is 18.2 Å². The number of thiophene rings is 1. The maximum atomic E-state index is 11.9. The highest BCUT2D eigenvalue weighted by molar-refractivity contribution is 7.91. The zero-order valence-electron chi connectivity index (χ0n) is 9.74. The lowest BCUT2D eigenvalue weighted by Crippen LogP contribution is -2.22. The molecule has 0 aliphatic heterocycles. The number of aromatic nitrogens is 1. The first-order valence-electron chi connectivity index (χ1n) is 5.53. The van der Waals surface area contributed by atoms with E-state index in [2.05, 4.69) is 9.71 Å². The van der Waals surface area contributed by atoms with Gasteiger partial charge in [0.15, 0.2) is 5.58 Å². The third kappa shape index (κ3) is 2.53. The topological polar surface area (TPSA) is 72.2 Å². The summed E-state index contributed by atoms with van der Waals surface area (Å²) in [4.78, 5) is 4.21. The molecule has 3 rings (SSSR count). The van der Waals surface area contributed by atoms with Gasteiger partial charge in [0.1, 0.15) is 9.73 Å². The van der Waals surface area contributed by atoms with Crippen molar-refractivity contribution < 1.29 is 12.8 Å². The summed E-state index contributed by atoms with van der Waals surface area (Å²) < 4.78 is 32.0. The average Bonchev–Trinajstić information content (AvgIpc) is 3.05. The number of nitrogens with one attached hydrogen (secondary N) is 1. The Labute approximate surface area is 114 Å². The predicted molar refractivity (Wildman–Crippen MR) is 72.4 cm³/mol. The molecule has 98 valence electrons. The van der Waals surface area contributed by atoms with Crippen LogP contribution in [0.25, 0.3) is 11.1 Å². The van der Waals surface area contributed by atoms with Crippen LogP contribution >= 0.6 is 11.3 Å². The van der Waals surface area contributed by atoms with Crippen molar-refractivity contribution in [1.82, 2.24) is 9.71 Å². The molecule has 2 heterocycles. The van der Waals surface area contributed by atoms with Gasteiger partial charge in [-0.3, -0.25) is 0 Å². The fourth-order valence-electron chi connectivity index (χ4n) is 1.64. The van der Waals surface area contributed by atoms with Gasteiger partial charge in [-0.05, 0) is 23.6 Å². The van der Waals surface area contributed by atoms with E-state index in [0.717, 1.165) is 0 Å². The molecule has 0 fully saturated rings. The second kappa shape index (κ2) is 4.76. The van der Waals surface area contributed by atoms with Gasteiger partial charge in [0, 0.05) is 0 Å². The summed E-state index contributed by atoms with van der Waals surface area (Å²) in [5, 5.41) is 1.72. The van der Waals surface area contributed by atoms with Gasteiger partial charge in [0.2, 0.25) is 5.89 Å². The van der Waals surface area contributed by atoms with E-state index in [1.54, 1.807) is 23.6 Å². The van der Waals surface area contributed by atoms with Crippen molar-refractivity contribution in [3.05, 3.63) is 47.7 Å². The number of hydrogen-bond donors (Lipinski definition) is 1. The lowest BCUT2D eigenvalue weighted by atomic mass is 10.3. The van der Waals surface area contributed by atoms with E-state index < -0.39 is 10.0 Å². The molecular formula is C12H10N2O3S2. The lowest BCUT2D eigenvalue weighted by Gasteiger charge is -2.01. The number of para-hydroxylation sites is 2.